The monoisotopic (exact) mass is 204 g/mol. The summed E-state index contributed by atoms with van der Waals surface area (Å²) in [5, 5.41) is 9.97. The van der Waals surface area contributed by atoms with Crippen LogP contribution in [-0.2, 0) is 7.05 Å². The Hall–Kier alpha value is -1.75. The lowest BCUT2D eigenvalue weighted by molar-refractivity contribution is 0.201. The van der Waals surface area contributed by atoms with E-state index in [0.29, 0.717) is 11.5 Å². The summed E-state index contributed by atoms with van der Waals surface area (Å²) in [7, 11) is 1.83. The van der Waals surface area contributed by atoms with Crippen molar-refractivity contribution in [2.45, 2.75) is 13.0 Å². The summed E-state index contributed by atoms with van der Waals surface area (Å²) in [5.74, 6) is 0.563. The van der Waals surface area contributed by atoms with Crippen molar-refractivity contribution in [1.82, 2.24) is 19.5 Å². The summed E-state index contributed by atoms with van der Waals surface area (Å²) in [6.45, 7) is 1.85. The molecule has 0 saturated heterocycles. The van der Waals surface area contributed by atoms with E-state index >= 15 is 0 Å². The highest BCUT2D eigenvalue weighted by atomic mass is 16.3. The van der Waals surface area contributed by atoms with Gasteiger partial charge in [0.1, 0.15) is 5.82 Å². The highest BCUT2D eigenvalue weighted by molar-refractivity contribution is 5.13. The Balaban J connectivity index is 2.32. The van der Waals surface area contributed by atoms with Crippen LogP contribution >= 0.6 is 0 Å². The first-order valence-corrected chi connectivity index (χ1v) is 4.62. The van der Waals surface area contributed by atoms with Crippen LogP contribution in [0.25, 0.3) is 0 Å². The largest absolute Gasteiger partial charge is 0.379 e. The van der Waals surface area contributed by atoms with E-state index in [0.717, 1.165) is 5.69 Å². The van der Waals surface area contributed by atoms with Gasteiger partial charge in [0.25, 0.3) is 0 Å². The van der Waals surface area contributed by atoms with Crippen LogP contribution < -0.4 is 0 Å². The van der Waals surface area contributed by atoms with E-state index in [1.165, 1.54) is 0 Å². The molecule has 5 heteroatoms. The minimum Gasteiger partial charge on any atom is -0.379 e. The molecule has 15 heavy (non-hydrogen) atoms. The summed E-state index contributed by atoms with van der Waals surface area (Å²) in [5.41, 5.74) is 1.33. The lowest BCUT2D eigenvalue weighted by Gasteiger charge is -2.09. The van der Waals surface area contributed by atoms with Crippen LogP contribution in [0.5, 0.6) is 0 Å². The molecule has 2 aromatic heterocycles. The topological polar surface area (TPSA) is 63.8 Å². The third-order valence-corrected chi connectivity index (χ3v) is 2.18. The molecule has 0 aliphatic rings. The standard InChI is InChI=1S/C10H12N4O/c1-7-5-13-8(6-12-7)9(15)10-11-3-4-14(10)2/h3-6,9,15H,1-2H3. The first-order chi connectivity index (χ1) is 7.18. The van der Waals surface area contributed by atoms with Crippen LogP contribution in [0.2, 0.25) is 0 Å². The Morgan fingerprint density at radius 2 is 2.07 bits per heavy atom. The van der Waals surface area contributed by atoms with Crippen molar-refractivity contribution >= 4 is 0 Å². The van der Waals surface area contributed by atoms with Gasteiger partial charge in [-0.05, 0) is 6.92 Å². The fourth-order valence-corrected chi connectivity index (χ4v) is 1.32. The number of hydrogen-bond donors (Lipinski definition) is 1. The molecule has 0 fully saturated rings. The molecule has 2 rings (SSSR count). The van der Waals surface area contributed by atoms with Gasteiger partial charge in [0.2, 0.25) is 0 Å². The molecule has 0 bridgehead atoms. The van der Waals surface area contributed by atoms with Gasteiger partial charge in [-0.25, -0.2) is 4.98 Å². The highest BCUT2D eigenvalue weighted by Crippen LogP contribution is 2.16. The average Bonchev–Trinajstić information content (AvgIpc) is 2.65. The van der Waals surface area contributed by atoms with Crippen molar-refractivity contribution in [3.05, 3.63) is 42.0 Å². The van der Waals surface area contributed by atoms with E-state index in [9.17, 15) is 5.11 Å². The number of hydrogen-bond acceptors (Lipinski definition) is 4. The van der Waals surface area contributed by atoms with Gasteiger partial charge in [0.05, 0.1) is 17.6 Å². The zero-order valence-electron chi connectivity index (χ0n) is 8.62. The van der Waals surface area contributed by atoms with Crippen molar-refractivity contribution in [1.29, 1.82) is 0 Å². The quantitative estimate of drug-likeness (QED) is 0.778. The third kappa shape index (κ3) is 1.87. The molecule has 5 nitrogen and oxygen atoms in total. The molecule has 2 heterocycles. The molecule has 0 spiro atoms. The maximum atomic E-state index is 9.97. The van der Waals surface area contributed by atoms with Gasteiger partial charge in [0, 0.05) is 25.6 Å². The van der Waals surface area contributed by atoms with Gasteiger partial charge in [-0.15, -0.1) is 0 Å². The van der Waals surface area contributed by atoms with E-state index in [4.69, 9.17) is 0 Å². The van der Waals surface area contributed by atoms with Crippen LogP contribution in [0.1, 0.15) is 23.3 Å². The lowest BCUT2D eigenvalue weighted by atomic mass is 10.2. The first kappa shape index (κ1) is 9.79. The molecule has 0 aliphatic heterocycles. The summed E-state index contributed by atoms with van der Waals surface area (Å²) in [4.78, 5) is 12.2. The number of nitrogens with zero attached hydrogens (tertiary/aromatic N) is 4. The zero-order valence-corrected chi connectivity index (χ0v) is 8.62. The second-order valence-corrected chi connectivity index (χ2v) is 3.38. The van der Waals surface area contributed by atoms with E-state index in [1.54, 1.807) is 29.4 Å². The van der Waals surface area contributed by atoms with Gasteiger partial charge in [-0.2, -0.15) is 0 Å². The Bertz CT molecular complexity index is 449. The minimum absolute atomic E-state index is 0.509. The van der Waals surface area contributed by atoms with Crippen molar-refractivity contribution in [3.63, 3.8) is 0 Å². The third-order valence-electron chi connectivity index (χ3n) is 2.18. The van der Waals surface area contributed by atoms with Gasteiger partial charge in [-0.3, -0.25) is 9.97 Å². The van der Waals surface area contributed by atoms with Crippen molar-refractivity contribution in [3.8, 4) is 0 Å². The maximum absolute atomic E-state index is 9.97. The molecule has 0 aliphatic carbocycles. The van der Waals surface area contributed by atoms with Crippen molar-refractivity contribution in [2.75, 3.05) is 0 Å². The predicted octanol–water partition coefficient (Wildman–Crippen LogP) is 0.600. The summed E-state index contributed by atoms with van der Waals surface area (Å²) in [6, 6.07) is 0. The number of rotatable bonds is 2. The van der Waals surface area contributed by atoms with E-state index in [1.807, 2.05) is 14.0 Å². The van der Waals surface area contributed by atoms with E-state index in [-0.39, 0.29) is 0 Å². The van der Waals surface area contributed by atoms with E-state index < -0.39 is 6.10 Å². The number of aromatic nitrogens is 4. The highest BCUT2D eigenvalue weighted by Gasteiger charge is 2.16. The molecule has 0 radical (unpaired) electrons. The van der Waals surface area contributed by atoms with Crippen LogP contribution in [0, 0.1) is 6.92 Å². The zero-order chi connectivity index (χ0) is 10.8. The normalized spacial score (nSPS) is 12.7. The number of aliphatic hydroxyl groups is 1. The summed E-state index contributed by atoms with van der Waals surface area (Å²) in [6.07, 6.45) is 5.79. The number of imidazole rings is 1. The predicted molar refractivity (Wildman–Crippen MR) is 54.0 cm³/mol. The van der Waals surface area contributed by atoms with Crippen molar-refractivity contribution < 1.29 is 5.11 Å². The summed E-state index contributed by atoms with van der Waals surface area (Å²) >= 11 is 0. The Morgan fingerprint density at radius 1 is 1.27 bits per heavy atom. The molecule has 1 unspecified atom stereocenters. The Labute approximate surface area is 87.5 Å². The minimum atomic E-state index is -0.821. The maximum Gasteiger partial charge on any atom is 0.155 e. The SMILES string of the molecule is Cc1cnc(C(O)c2nccn2C)cn1. The van der Waals surface area contributed by atoms with Gasteiger partial charge in [0.15, 0.2) is 6.10 Å². The average molecular weight is 204 g/mol. The number of aryl methyl sites for hydroxylation is 2. The van der Waals surface area contributed by atoms with Gasteiger partial charge >= 0.3 is 0 Å². The van der Waals surface area contributed by atoms with Crippen molar-refractivity contribution in [2.24, 2.45) is 7.05 Å². The second kappa shape index (κ2) is 3.78. The first-order valence-electron chi connectivity index (χ1n) is 4.62. The molecule has 1 atom stereocenters. The fourth-order valence-electron chi connectivity index (χ4n) is 1.32. The van der Waals surface area contributed by atoms with Crippen LogP contribution in [0.3, 0.4) is 0 Å². The van der Waals surface area contributed by atoms with Crippen LogP contribution in [0.4, 0.5) is 0 Å². The molecule has 0 aromatic carbocycles. The van der Waals surface area contributed by atoms with E-state index in [2.05, 4.69) is 15.0 Å². The second-order valence-electron chi connectivity index (χ2n) is 3.38. The van der Waals surface area contributed by atoms with Gasteiger partial charge < -0.3 is 9.67 Å². The summed E-state index contributed by atoms with van der Waals surface area (Å²) < 4.78 is 1.76. The smallest absolute Gasteiger partial charge is 0.155 e. The molecule has 0 saturated carbocycles. The Morgan fingerprint density at radius 3 is 2.60 bits per heavy atom. The lowest BCUT2D eigenvalue weighted by Crippen LogP contribution is -2.09. The molecule has 78 valence electrons. The molecule has 0 amide bonds. The van der Waals surface area contributed by atoms with Crippen LogP contribution in [0.15, 0.2) is 24.8 Å². The fraction of sp³-hybridized carbons (Fsp3) is 0.300. The van der Waals surface area contributed by atoms with Gasteiger partial charge in [-0.1, -0.05) is 0 Å². The van der Waals surface area contributed by atoms with Crippen LogP contribution in [-0.4, -0.2) is 24.6 Å². The molecular formula is C10H12N4O. The molecule has 1 N–H and O–H groups in total. The Kier molecular flexibility index (Phi) is 2.47. The molecule has 2 aromatic rings. The molecular weight excluding hydrogens is 192 g/mol. The number of aliphatic hydroxyl groups excluding tert-OH is 1.